The van der Waals surface area contributed by atoms with E-state index in [0.717, 1.165) is 12.8 Å². The van der Waals surface area contributed by atoms with Gasteiger partial charge in [0, 0.05) is 6.54 Å². The van der Waals surface area contributed by atoms with Gasteiger partial charge in [0.2, 0.25) is 0 Å². The predicted molar refractivity (Wildman–Crippen MR) is 63.2 cm³/mol. The van der Waals surface area contributed by atoms with Crippen LogP contribution >= 0.6 is 0 Å². The van der Waals surface area contributed by atoms with Crippen LogP contribution in [-0.2, 0) is 9.59 Å². The van der Waals surface area contributed by atoms with Crippen molar-refractivity contribution >= 4 is 11.9 Å². The molecule has 2 unspecified atom stereocenters. The standard InChI is InChI=1S/C6H14N2O2.C3H8N2O2/c7-4-2-1-3-5(8)6(9)10;4-1-2(5)3(6)7/h5H,1-4,7-8H2,(H,9,10);2H,1,4-5H2,(H,6,7). The Morgan fingerprint density at radius 3 is 1.65 bits per heavy atom. The SMILES string of the molecule is NCC(N)C(=O)O.NCCCCC(N)C(=O)O. The lowest BCUT2D eigenvalue weighted by Gasteiger charge is -2.03. The van der Waals surface area contributed by atoms with E-state index in [-0.39, 0.29) is 6.54 Å². The molecule has 0 saturated carbocycles. The summed E-state index contributed by atoms with van der Waals surface area (Å²) in [5.74, 6) is -1.99. The molecule has 0 aliphatic carbocycles. The van der Waals surface area contributed by atoms with Gasteiger partial charge in [-0.05, 0) is 19.4 Å². The van der Waals surface area contributed by atoms with Crippen LogP contribution in [0.4, 0.5) is 0 Å². The molecule has 0 radical (unpaired) electrons. The van der Waals surface area contributed by atoms with Crippen LogP contribution < -0.4 is 22.9 Å². The maximum absolute atomic E-state index is 10.1. The lowest BCUT2D eigenvalue weighted by Crippen LogP contribution is -2.37. The summed E-state index contributed by atoms with van der Waals surface area (Å²) in [6, 6.07) is -1.62. The number of carboxylic acids is 2. The Bertz CT molecular complexity index is 225. The molecule has 8 nitrogen and oxygen atoms in total. The van der Waals surface area contributed by atoms with Crippen molar-refractivity contribution in [2.75, 3.05) is 13.1 Å². The van der Waals surface area contributed by atoms with E-state index in [1.807, 2.05) is 0 Å². The van der Waals surface area contributed by atoms with Crippen LogP contribution in [0.15, 0.2) is 0 Å². The minimum atomic E-state index is -1.05. The molecule has 0 aromatic heterocycles. The molecule has 0 fully saturated rings. The zero-order chi connectivity index (χ0) is 13.8. The normalized spacial score (nSPS) is 13.2. The first-order valence-electron chi connectivity index (χ1n) is 5.23. The highest BCUT2D eigenvalue weighted by Gasteiger charge is 2.09. The molecule has 8 heteroatoms. The van der Waals surface area contributed by atoms with E-state index in [2.05, 4.69) is 0 Å². The first-order chi connectivity index (χ1) is 7.86. The van der Waals surface area contributed by atoms with Gasteiger partial charge in [-0.3, -0.25) is 9.59 Å². The second-order valence-corrected chi connectivity index (χ2v) is 3.41. The fourth-order valence-corrected chi connectivity index (χ4v) is 0.733. The van der Waals surface area contributed by atoms with Crippen molar-refractivity contribution in [3.8, 4) is 0 Å². The highest BCUT2D eigenvalue weighted by atomic mass is 16.4. The number of nitrogens with two attached hydrogens (primary N) is 4. The highest BCUT2D eigenvalue weighted by molar-refractivity contribution is 5.73. The molecule has 0 saturated heterocycles. The molecule has 0 aromatic carbocycles. The van der Waals surface area contributed by atoms with Crippen molar-refractivity contribution < 1.29 is 19.8 Å². The van der Waals surface area contributed by atoms with Gasteiger partial charge in [0.15, 0.2) is 0 Å². The largest absolute Gasteiger partial charge is 0.480 e. The zero-order valence-electron chi connectivity index (χ0n) is 9.71. The van der Waals surface area contributed by atoms with Crippen LogP contribution in [-0.4, -0.2) is 47.3 Å². The molecule has 2 atom stereocenters. The molecule has 0 amide bonds. The van der Waals surface area contributed by atoms with E-state index >= 15 is 0 Å². The van der Waals surface area contributed by atoms with E-state index < -0.39 is 24.0 Å². The van der Waals surface area contributed by atoms with Crippen molar-refractivity contribution in [1.29, 1.82) is 0 Å². The molecule has 0 aromatic rings. The van der Waals surface area contributed by atoms with Crippen LogP contribution in [0.3, 0.4) is 0 Å². The molecular formula is C9H22N4O4. The number of rotatable bonds is 7. The maximum atomic E-state index is 10.1. The summed E-state index contributed by atoms with van der Waals surface area (Å²) in [4.78, 5) is 19.9. The molecular weight excluding hydrogens is 228 g/mol. The smallest absolute Gasteiger partial charge is 0.321 e. The summed E-state index contributed by atoms with van der Waals surface area (Å²) < 4.78 is 0. The van der Waals surface area contributed by atoms with E-state index in [9.17, 15) is 9.59 Å². The minimum Gasteiger partial charge on any atom is -0.480 e. The number of hydrogen-bond acceptors (Lipinski definition) is 6. The monoisotopic (exact) mass is 250 g/mol. The third kappa shape index (κ3) is 12.7. The molecule has 0 aliphatic heterocycles. The molecule has 0 rings (SSSR count). The average molecular weight is 250 g/mol. The van der Waals surface area contributed by atoms with Gasteiger partial charge in [0.05, 0.1) is 0 Å². The van der Waals surface area contributed by atoms with E-state index in [1.54, 1.807) is 0 Å². The second-order valence-electron chi connectivity index (χ2n) is 3.41. The Morgan fingerprint density at radius 1 is 0.941 bits per heavy atom. The Hall–Kier alpha value is -1.22. The number of hydrogen-bond donors (Lipinski definition) is 6. The quantitative estimate of drug-likeness (QED) is 0.277. The van der Waals surface area contributed by atoms with Crippen molar-refractivity contribution in [2.24, 2.45) is 22.9 Å². The summed E-state index contributed by atoms with van der Waals surface area (Å²) in [5, 5.41) is 16.3. The average Bonchev–Trinajstić information content (AvgIpc) is 2.28. The maximum Gasteiger partial charge on any atom is 0.321 e. The third-order valence-corrected chi connectivity index (χ3v) is 1.86. The number of aliphatic carboxylic acids is 2. The number of carboxylic acid groups (broad SMARTS) is 2. The molecule has 0 bridgehead atoms. The van der Waals surface area contributed by atoms with E-state index in [4.69, 9.17) is 33.1 Å². The van der Waals surface area contributed by atoms with Crippen molar-refractivity contribution in [3.63, 3.8) is 0 Å². The van der Waals surface area contributed by atoms with E-state index in [1.165, 1.54) is 0 Å². The fraction of sp³-hybridized carbons (Fsp3) is 0.778. The lowest BCUT2D eigenvalue weighted by molar-refractivity contribution is -0.139. The lowest BCUT2D eigenvalue weighted by atomic mass is 10.1. The van der Waals surface area contributed by atoms with Gasteiger partial charge in [-0.25, -0.2) is 0 Å². The molecule has 0 heterocycles. The topological polar surface area (TPSA) is 179 Å². The van der Waals surface area contributed by atoms with Crippen LogP contribution in [0.1, 0.15) is 19.3 Å². The number of unbranched alkanes of at least 4 members (excludes halogenated alkanes) is 1. The summed E-state index contributed by atoms with van der Waals surface area (Å²) in [6.45, 7) is 0.599. The highest BCUT2D eigenvalue weighted by Crippen LogP contribution is 1.96. The van der Waals surface area contributed by atoms with Crippen molar-refractivity contribution in [2.45, 2.75) is 31.3 Å². The first kappa shape index (κ1) is 18.2. The Morgan fingerprint density at radius 2 is 1.41 bits per heavy atom. The second kappa shape index (κ2) is 11.3. The minimum absolute atomic E-state index is 0.00463. The third-order valence-electron chi connectivity index (χ3n) is 1.86. The predicted octanol–water partition coefficient (Wildman–Crippen LogP) is -2.12. The number of carbonyl (C=O) groups is 2. The van der Waals surface area contributed by atoms with Crippen molar-refractivity contribution in [3.05, 3.63) is 0 Å². The Kier molecular flexibility index (Phi) is 12.0. The van der Waals surface area contributed by atoms with Gasteiger partial charge in [0.25, 0.3) is 0 Å². The van der Waals surface area contributed by atoms with Gasteiger partial charge in [0.1, 0.15) is 12.1 Å². The van der Waals surface area contributed by atoms with Gasteiger partial charge in [-0.15, -0.1) is 0 Å². The molecule has 0 spiro atoms. The summed E-state index contributed by atoms with van der Waals surface area (Å²) in [5.41, 5.74) is 20.2. The van der Waals surface area contributed by atoms with Gasteiger partial charge >= 0.3 is 11.9 Å². The van der Waals surface area contributed by atoms with Crippen LogP contribution in [0, 0.1) is 0 Å². The van der Waals surface area contributed by atoms with E-state index in [0.29, 0.717) is 13.0 Å². The molecule has 0 aliphatic rings. The van der Waals surface area contributed by atoms with Gasteiger partial charge in [-0.2, -0.15) is 0 Å². The van der Waals surface area contributed by atoms with Gasteiger partial charge in [-0.1, -0.05) is 6.42 Å². The van der Waals surface area contributed by atoms with Crippen LogP contribution in [0.5, 0.6) is 0 Å². The van der Waals surface area contributed by atoms with Gasteiger partial charge < -0.3 is 33.1 Å². The van der Waals surface area contributed by atoms with Crippen molar-refractivity contribution in [1.82, 2.24) is 0 Å². The summed E-state index contributed by atoms with van der Waals surface area (Å²) in [7, 11) is 0. The summed E-state index contributed by atoms with van der Waals surface area (Å²) in [6.07, 6.45) is 2.16. The summed E-state index contributed by atoms with van der Waals surface area (Å²) >= 11 is 0. The Labute approximate surface area is 99.9 Å². The first-order valence-corrected chi connectivity index (χ1v) is 5.23. The fourth-order valence-electron chi connectivity index (χ4n) is 0.733. The molecule has 102 valence electrons. The molecule has 10 N–H and O–H groups in total. The van der Waals surface area contributed by atoms with Crippen LogP contribution in [0.25, 0.3) is 0 Å². The molecule has 17 heavy (non-hydrogen) atoms. The Balaban J connectivity index is 0. The van der Waals surface area contributed by atoms with Crippen LogP contribution in [0.2, 0.25) is 0 Å². The zero-order valence-corrected chi connectivity index (χ0v) is 9.71.